The molecule has 2 heterocycles. The molecule has 1 aromatic heterocycles. The third-order valence-corrected chi connectivity index (χ3v) is 5.39. The fourth-order valence-electron chi connectivity index (χ4n) is 2.61. The zero-order valence-corrected chi connectivity index (χ0v) is 16.1. The average Bonchev–Trinajstić information content (AvgIpc) is 3.19. The van der Waals surface area contributed by atoms with Gasteiger partial charge in [-0.25, -0.2) is 0 Å². The molecule has 0 aliphatic carbocycles. The number of imide groups is 1. The summed E-state index contributed by atoms with van der Waals surface area (Å²) in [4.78, 5) is 28.4. The summed E-state index contributed by atoms with van der Waals surface area (Å²) in [6.07, 6.45) is 1.60. The summed E-state index contributed by atoms with van der Waals surface area (Å²) in [6.45, 7) is 5.85. The van der Waals surface area contributed by atoms with Gasteiger partial charge in [0.2, 0.25) is 0 Å². The Balaban J connectivity index is 1.80. The zero-order valence-electron chi connectivity index (χ0n) is 14.6. The molecule has 2 amide bonds. The molecular weight excluding hydrogens is 372 g/mol. The van der Waals surface area contributed by atoms with E-state index >= 15 is 0 Å². The molecule has 0 N–H and O–H groups in total. The van der Waals surface area contributed by atoms with Gasteiger partial charge >= 0.3 is 0 Å². The summed E-state index contributed by atoms with van der Waals surface area (Å²) in [5.74, 6) is 0.833. The van der Waals surface area contributed by atoms with Gasteiger partial charge in [0, 0.05) is 11.6 Å². The lowest BCUT2D eigenvalue weighted by atomic mass is 10.2. The van der Waals surface area contributed by atoms with Crippen LogP contribution in [0.25, 0.3) is 17.4 Å². The number of thioether (sulfide) groups is 1. The van der Waals surface area contributed by atoms with Crippen LogP contribution in [0.1, 0.15) is 19.6 Å². The van der Waals surface area contributed by atoms with Gasteiger partial charge in [-0.2, -0.15) is 0 Å². The monoisotopic (exact) mass is 390 g/mol. The normalized spacial score (nSPS) is 16.3. The van der Waals surface area contributed by atoms with E-state index in [2.05, 4.69) is 0 Å². The highest BCUT2D eigenvalue weighted by Crippen LogP contribution is 2.34. The van der Waals surface area contributed by atoms with Crippen LogP contribution in [0.3, 0.4) is 0 Å². The van der Waals surface area contributed by atoms with E-state index in [4.69, 9.17) is 16.0 Å². The summed E-state index contributed by atoms with van der Waals surface area (Å²) in [5.41, 5.74) is 0.781. The third kappa shape index (κ3) is 3.87. The van der Waals surface area contributed by atoms with Crippen molar-refractivity contribution in [2.45, 2.75) is 13.8 Å². The Morgan fingerprint density at radius 2 is 1.88 bits per heavy atom. The van der Waals surface area contributed by atoms with Crippen LogP contribution in [0.4, 0.5) is 4.79 Å². The molecular formula is C19H19ClN2O3S. The van der Waals surface area contributed by atoms with Crippen LogP contribution in [0.15, 0.2) is 45.7 Å². The van der Waals surface area contributed by atoms with Crippen LogP contribution in [-0.2, 0) is 4.79 Å². The van der Waals surface area contributed by atoms with E-state index in [-0.39, 0.29) is 11.1 Å². The van der Waals surface area contributed by atoms with Gasteiger partial charge in [-0.3, -0.25) is 19.4 Å². The third-order valence-electron chi connectivity index (χ3n) is 4.15. The van der Waals surface area contributed by atoms with Crippen molar-refractivity contribution in [1.29, 1.82) is 0 Å². The SMILES string of the molecule is CCN(CC)CN1C(=O)S/C(=C/c2ccc(-c3ccccc3Cl)o2)C1=O. The quantitative estimate of drug-likeness (QED) is 0.654. The summed E-state index contributed by atoms with van der Waals surface area (Å²) in [5, 5.41) is 0.332. The zero-order chi connectivity index (χ0) is 18.7. The van der Waals surface area contributed by atoms with E-state index in [0.29, 0.717) is 28.1 Å². The molecule has 1 fully saturated rings. The van der Waals surface area contributed by atoms with Crippen LogP contribution in [0, 0.1) is 0 Å². The molecule has 1 aliphatic rings. The van der Waals surface area contributed by atoms with Crippen molar-refractivity contribution in [3.63, 3.8) is 0 Å². The van der Waals surface area contributed by atoms with Gasteiger partial charge in [0.1, 0.15) is 11.5 Å². The topological polar surface area (TPSA) is 53.8 Å². The molecule has 0 bridgehead atoms. The van der Waals surface area contributed by atoms with Crippen molar-refractivity contribution < 1.29 is 14.0 Å². The van der Waals surface area contributed by atoms with Gasteiger partial charge in [0.15, 0.2) is 0 Å². The fourth-order valence-corrected chi connectivity index (χ4v) is 3.65. The molecule has 3 rings (SSSR count). The molecule has 26 heavy (non-hydrogen) atoms. The maximum atomic E-state index is 12.5. The predicted octanol–water partition coefficient (Wildman–Crippen LogP) is 4.94. The number of rotatable bonds is 6. The Morgan fingerprint density at radius 1 is 1.15 bits per heavy atom. The van der Waals surface area contributed by atoms with Gasteiger partial charge in [-0.05, 0) is 49.1 Å². The lowest BCUT2D eigenvalue weighted by Gasteiger charge is -2.23. The number of hydrogen-bond donors (Lipinski definition) is 0. The molecule has 0 radical (unpaired) electrons. The highest BCUT2D eigenvalue weighted by Gasteiger charge is 2.35. The number of carbonyl (C=O) groups excluding carboxylic acids is 2. The lowest BCUT2D eigenvalue weighted by molar-refractivity contribution is -0.124. The molecule has 1 aliphatic heterocycles. The maximum absolute atomic E-state index is 12.5. The fraction of sp³-hybridized carbons (Fsp3) is 0.263. The average molecular weight is 391 g/mol. The van der Waals surface area contributed by atoms with Gasteiger partial charge in [0.25, 0.3) is 11.1 Å². The standard InChI is InChI=1S/C19H19ClN2O3S/c1-3-21(4-2)12-22-18(23)17(26-19(22)24)11-13-9-10-16(25-13)14-7-5-6-8-15(14)20/h5-11H,3-4,12H2,1-2H3/b17-11+. The molecule has 5 nitrogen and oxygen atoms in total. The molecule has 2 aromatic rings. The van der Waals surface area contributed by atoms with E-state index in [9.17, 15) is 9.59 Å². The molecule has 0 unspecified atom stereocenters. The number of benzene rings is 1. The van der Waals surface area contributed by atoms with Crippen molar-refractivity contribution in [3.8, 4) is 11.3 Å². The van der Waals surface area contributed by atoms with Crippen LogP contribution >= 0.6 is 23.4 Å². The van der Waals surface area contributed by atoms with Crippen LogP contribution in [-0.4, -0.2) is 40.7 Å². The first-order valence-corrected chi connectivity index (χ1v) is 9.55. The molecule has 0 atom stereocenters. The van der Waals surface area contributed by atoms with Crippen LogP contribution in [0.5, 0.6) is 0 Å². The minimum Gasteiger partial charge on any atom is -0.457 e. The van der Waals surface area contributed by atoms with E-state index < -0.39 is 0 Å². The number of hydrogen-bond acceptors (Lipinski definition) is 5. The smallest absolute Gasteiger partial charge is 0.294 e. The second-order valence-electron chi connectivity index (χ2n) is 5.74. The van der Waals surface area contributed by atoms with Crippen molar-refractivity contribution in [3.05, 3.63) is 52.1 Å². The minimum absolute atomic E-state index is 0.258. The molecule has 1 aromatic carbocycles. The van der Waals surface area contributed by atoms with Gasteiger partial charge < -0.3 is 4.42 Å². The maximum Gasteiger partial charge on any atom is 0.294 e. The first-order valence-electron chi connectivity index (χ1n) is 8.36. The second kappa shape index (κ2) is 8.12. The van der Waals surface area contributed by atoms with E-state index in [0.717, 1.165) is 30.4 Å². The van der Waals surface area contributed by atoms with Crippen molar-refractivity contribution in [2.75, 3.05) is 19.8 Å². The lowest BCUT2D eigenvalue weighted by Crippen LogP contribution is -2.40. The van der Waals surface area contributed by atoms with E-state index in [1.807, 2.05) is 36.9 Å². The van der Waals surface area contributed by atoms with Gasteiger partial charge in [0.05, 0.1) is 16.6 Å². The van der Waals surface area contributed by atoms with Crippen molar-refractivity contribution in [2.24, 2.45) is 0 Å². The van der Waals surface area contributed by atoms with Crippen LogP contribution < -0.4 is 0 Å². The number of carbonyl (C=O) groups is 2. The largest absolute Gasteiger partial charge is 0.457 e. The number of nitrogens with zero attached hydrogens (tertiary/aromatic N) is 2. The Hall–Kier alpha value is -2.02. The number of halogens is 1. The summed E-state index contributed by atoms with van der Waals surface area (Å²) >= 11 is 7.12. The summed E-state index contributed by atoms with van der Waals surface area (Å²) in [6, 6.07) is 10.9. The molecule has 1 saturated heterocycles. The predicted molar refractivity (Wildman–Crippen MR) is 105 cm³/mol. The molecule has 0 saturated carbocycles. The molecule has 136 valence electrons. The van der Waals surface area contributed by atoms with Crippen molar-refractivity contribution in [1.82, 2.24) is 9.80 Å². The Labute approximate surface area is 161 Å². The minimum atomic E-state index is -0.289. The Bertz CT molecular complexity index is 858. The first kappa shape index (κ1) is 18.8. The van der Waals surface area contributed by atoms with Crippen LogP contribution in [0.2, 0.25) is 5.02 Å². The summed E-state index contributed by atoms with van der Waals surface area (Å²) in [7, 11) is 0. The highest BCUT2D eigenvalue weighted by molar-refractivity contribution is 8.18. The molecule has 0 spiro atoms. The van der Waals surface area contributed by atoms with Gasteiger partial charge in [-0.1, -0.05) is 37.6 Å². The van der Waals surface area contributed by atoms with E-state index in [1.54, 1.807) is 24.3 Å². The first-order chi connectivity index (χ1) is 12.5. The second-order valence-corrected chi connectivity index (χ2v) is 7.14. The summed E-state index contributed by atoms with van der Waals surface area (Å²) < 4.78 is 5.79. The molecule has 7 heteroatoms. The highest BCUT2D eigenvalue weighted by atomic mass is 35.5. The number of furan rings is 1. The van der Waals surface area contributed by atoms with E-state index in [1.165, 1.54) is 4.90 Å². The number of amides is 2. The van der Waals surface area contributed by atoms with Crippen molar-refractivity contribution >= 4 is 40.6 Å². The van der Waals surface area contributed by atoms with Gasteiger partial charge in [-0.15, -0.1) is 0 Å². The Morgan fingerprint density at radius 3 is 2.58 bits per heavy atom. The Kier molecular flexibility index (Phi) is 5.86.